The van der Waals surface area contributed by atoms with Gasteiger partial charge in [-0.2, -0.15) is 0 Å². The van der Waals surface area contributed by atoms with Gasteiger partial charge in [0.2, 0.25) is 0 Å². The molecule has 0 radical (unpaired) electrons. The van der Waals surface area contributed by atoms with Crippen molar-refractivity contribution in [3.8, 4) is 0 Å². The van der Waals surface area contributed by atoms with E-state index in [0.717, 1.165) is 25.5 Å². The normalized spacial score (nSPS) is 32.9. The van der Waals surface area contributed by atoms with Gasteiger partial charge in [-0.1, -0.05) is 18.7 Å². The summed E-state index contributed by atoms with van der Waals surface area (Å²) in [6.45, 7) is 4.22. The van der Waals surface area contributed by atoms with E-state index in [2.05, 4.69) is 12.2 Å². The summed E-state index contributed by atoms with van der Waals surface area (Å²) < 4.78 is 5.05. The molecular formula is C15H28N2OS. The number of nitrogens with one attached hydrogen (secondary N) is 1. The zero-order valence-electron chi connectivity index (χ0n) is 12.4. The minimum absolute atomic E-state index is 0.381. The zero-order valence-corrected chi connectivity index (χ0v) is 13.2. The highest BCUT2D eigenvalue weighted by Crippen LogP contribution is 2.38. The molecule has 19 heavy (non-hydrogen) atoms. The van der Waals surface area contributed by atoms with Gasteiger partial charge in [-0.05, 0) is 50.9 Å². The van der Waals surface area contributed by atoms with Crippen LogP contribution in [-0.2, 0) is 4.74 Å². The summed E-state index contributed by atoms with van der Waals surface area (Å²) in [6, 6.07) is 0. The van der Waals surface area contributed by atoms with Crippen LogP contribution in [0.25, 0.3) is 0 Å². The molecule has 1 aliphatic carbocycles. The quantitative estimate of drug-likeness (QED) is 0.759. The molecule has 0 bridgehead atoms. The molecule has 0 amide bonds. The first-order valence-electron chi connectivity index (χ1n) is 7.68. The number of unbranched alkanes of at least 4 members (excludes halogenated alkanes) is 2. The monoisotopic (exact) mass is 284 g/mol. The first-order chi connectivity index (χ1) is 9.24. The summed E-state index contributed by atoms with van der Waals surface area (Å²) in [5.74, 6) is 2.14. The molecule has 1 heterocycles. The number of methoxy groups -OCH3 is 1. The Morgan fingerprint density at radius 2 is 2.11 bits per heavy atom. The van der Waals surface area contributed by atoms with E-state index < -0.39 is 0 Å². The number of aliphatic imine (C=N–C) groups is 1. The molecular weight excluding hydrogens is 256 g/mol. The third kappa shape index (κ3) is 4.67. The van der Waals surface area contributed by atoms with Crippen molar-refractivity contribution in [2.75, 3.05) is 26.0 Å². The van der Waals surface area contributed by atoms with E-state index >= 15 is 0 Å². The van der Waals surface area contributed by atoms with E-state index in [1.807, 2.05) is 11.8 Å². The largest absolute Gasteiger partial charge is 0.385 e. The topological polar surface area (TPSA) is 33.6 Å². The average Bonchev–Trinajstić information content (AvgIpc) is 2.81. The maximum absolute atomic E-state index is 5.05. The number of ether oxygens (including phenoxy) is 1. The van der Waals surface area contributed by atoms with E-state index in [1.165, 1.54) is 49.4 Å². The van der Waals surface area contributed by atoms with Gasteiger partial charge in [-0.25, -0.2) is 0 Å². The van der Waals surface area contributed by atoms with Crippen LogP contribution < -0.4 is 5.32 Å². The van der Waals surface area contributed by atoms with E-state index in [9.17, 15) is 0 Å². The van der Waals surface area contributed by atoms with Crippen molar-refractivity contribution in [1.29, 1.82) is 0 Å². The van der Waals surface area contributed by atoms with Crippen LogP contribution in [0, 0.1) is 5.92 Å². The molecule has 0 aromatic heterocycles. The molecule has 0 aromatic rings. The highest BCUT2D eigenvalue weighted by molar-refractivity contribution is 8.14. The second-order valence-corrected chi connectivity index (χ2v) is 7.08. The first-order valence-corrected chi connectivity index (χ1v) is 8.67. The van der Waals surface area contributed by atoms with E-state index in [-0.39, 0.29) is 0 Å². The highest BCUT2D eigenvalue weighted by atomic mass is 32.2. The molecule has 2 fully saturated rings. The van der Waals surface area contributed by atoms with Crippen LogP contribution in [0.4, 0.5) is 0 Å². The van der Waals surface area contributed by atoms with Crippen LogP contribution in [0.15, 0.2) is 4.99 Å². The van der Waals surface area contributed by atoms with Gasteiger partial charge >= 0.3 is 0 Å². The fourth-order valence-corrected chi connectivity index (χ4v) is 4.14. The lowest BCUT2D eigenvalue weighted by molar-refractivity contribution is 0.192. The van der Waals surface area contributed by atoms with Crippen molar-refractivity contribution in [1.82, 2.24) is 5.32 Å². The lowest BCUT2D eigenvalue weighted by Crippen LogP contribution is -2.46. The predicted molar refractivity (Wildman–Crippen MR) is 84.0 cm³/mol. The van der Waals surface area contributed by atoms with E-state index in [0.29, 0.717) is 5.54 Å². The molecule has 2 rings (SSSR count). The fraction of sp³-hybridized carbons (Fsp3) is 0.933. The predicted octanol–water partition coefficient (Wildman–Crippen LogP) is 3.44. The van der Waals surface area contributed by atoms with Crippen molar-refractivity contribution in [3.63, 3.8) is 0 Å². The van der Waals surface area contributed by atoms with Crippen LogP contribution in [0.5, 0.6) is 0 Å². The van der Waals surface area contributed by atoms with Crippen LogP contribution in [0.3, 0.4) is 0 Å². The summed E-state index contributed by atoms with van der Waals surface area (Å²) in [5, 5.41) is 4.91. The zero-order chi connectivity index (χ0) is 13.6. The molecule has 0 unspecified atom stereocenters. The lowest BCUT2D eigenvalue weighted by atomic mass is 9.78. The van der Waals surface area contributed by atoms with Gasteiger partial charge in [0, 0.05) is 31.6 Å². The fourth-order valence-electron chi connectivity index (χ4n) is 2.89. The molecule has 0 aromatic carbocycles. The Morgan fingerprint density at radius 1 is 1.32 bits per heavy atom. The molecule has 4 heteroatoms. The standard InChI is InChI=1S/C15H28N2OS/c1-13-6-8-15(9-7-13)12-19-14(17-15)16-10-4-3-5-11-18-2/h13H,3-12H2,1-2H3,(H,16,17). The Bertz CT molecular complexity index is 299. The van der Waals surface area contributed by atoms with Crippen LogP contribution >= 0.6 is 11.8 Å². The first kappa shape index (κ1) is 15.2. The number of nitrogens with zero attached hydrogens (tertiary/aromatic N) is 1. The van der Waals surface area contributed by atoms with Gasteiger partial charge in [0.05, 0.1) is 0 Å². The van der Waals surface area contributed by atoms with E-state index in [1.54, 1.807) is 7.11 Å². The SMILES string of the molecule is COCCCCCN=C1NC2(CCC(C)CC2)CS1. The molecule has 1 N–H and O–H groups in total. The van der Waals surface area contributed by atoms with Gasteiger partial charge in [-0.15, -0.1) is 0 Å². The van der Waals surface area contributed by atoms with Gasteiger partial charge in [0.1, 0.15) is 0 Å². The van der Waals surface area contributed by atoms with Crippen LogP contribution in [-0.4, -0.2) is 36.7 Å². The van der Waals surface area contributed by atoms with Crippen LogP contribution in [0.1, 0.15) is 51.9 Å². The average molecular weight is 284 g/mol. The number of rotatable bonds is 6. The highest BCUT2D eigenvalue weighted by Gasteiger charge is 2.39. The Morgan fingerprint density at radius 3 is 2.84 bits per heavy atom. The smallest absolute Gasteiger partial charge is 0.157 e. The lowest BCUT2D eigenvalue weighted by Gasteiger charge is -2.35. The number of thioether (sulfide) groups is 1. The Hall–Kier alpha value is -0.220. The van der Waals surface area contributed by atoms with E-state index in [4.69, 9.17) is 9.73 Å². The molecule has 110 valence electrons. The third-order valence-corrected chi connectivity index (χ3v) is 5.55. The molecule has 1 saturated carbocycles. The number of amidine groups is 1. The van der Waals surface area contributed by atoms with Gasteiger partial charge in [0.25, 0.3) is 0 Å². The van der Waals surface area contributed by atoms with Gasteiger partial charge < -0.3 is 10.1 Å². The Labute approximate surface area is 122 Å². The summed E-state index contributed by atoms with van der Waals surface area (Å²) in [5.41, 5.74) is 0.381. The molecule has 1 saturated heterocycles. The molecule has 2 aliphatic rings. The summed E-state index contributed by atoms with van der Waals surface area (Å²) in [7, 11) is 1.77. The Kier molecular flexibility index (Phi) is 6.02. The maximum atomic E-state index is 5.05. The van der Waals surface area contributed by atoms with Gasteiger partial charge in [-0.3, -0.25) is 4.99 Å². The second-order valence-electron chi connectivity index (χ2n) is 6.12. The van der Waals surface area contributed by atoms with Crippen molar-refractivity contribution in [3.05, 3.63) is 0 Å². The minimum Gasteiger partial charge on any atom is -0.385 e. The minimum atomic E-state index is 0.381. The second kappa shape index (κ2) is 7.53. The summed E-state index contributed by atoms with van der Waals surface area (Å²) >= 11 is 1.93. The summed E-state index contributed by atoms with van der Waals surface area (Å²) in [4.78, 5) is 4.72. The number of hydrogen-bond donors (Lipinski definition) is 1. The third-order valence-electron chi connectivity index (χ3n) is 4.35. The van der Waals surface area contributed by atoms with Crippen molar-refractivity contribution < 1.29 is 4.74 Å². The molecule has 1 spiro atoms. The Balaban J connectivity index is 1.66. The van der Waals surface area contributed by atoms with Crippen molar-refractivity contribution in [2.24, 2.45) is 10.9 Å². The van der Waals surface area contributed by atoms with Gasteiger partial charge in [0.15, 0.2) is 5.17 Å². The summed E-state index contributed by atoms with van der Waals surface area (Å²) in [6.07, 6.45) is 8.96. The maximum Gasteiger partial charge on any atom is 0.157 e. The van der Waals surface area contributed by atoms with Crippen molar-refractivity contribution >= 4 is 16.9 Å². The van der Waals surface area contributed by atoms with Crippen molar-refractivity contribution in [2.45, 2.75) is 57.4 Å². The molecule has 3 nitrogen and oxygen atoms in total. The molecule has 0 atom stereocenters. The number of hydrogen-bond acceptors (Lipinski definition) is 3. The molecule has 1 aliphatic heterocycles. The van der Waals surface area contributed by atoms with Crippen LogP contribution in [0.2, 0.25) is 0 Å².